The van der Waals surface area contributed by atoms with Crippen molar-refractivity contribution in [2.75, 3.05) is 25.0 Å². The van der Waals surface area contributed by atoms with Crippen molar-refractivity contribution in [3.8, 4) is 0 Å². The molecular weight excluding hydrogens is 314 g/mol. The van der Waals surface area contributed by atoms with E-state index in [4.69, 9.17) is 0 Å². The van der Waals surface area contributed by atoms with Crippen LogP contribution in [0, 0.1) is 12.8 Å². The smallest absolute Gasteiger partial charge is 0.245 e. The van der Waals surface area contributed by atoms with Gasteiger partial charge < -0.3 is 20.3 Å². The minimum absolute atomic E-state index is 0.00735. The van der Waals surface area contributed by atoms with Crippen LogP contribution in [0.4, 0.5) is 5.69 Å². The van der Waals surface area contributed by atoms with E-state index in [1.165, 1.54) is 11.1 Å². The van der Waals surface area contributed by atoms with Crippen LogP contribution in [0.15, 0.2) is 18.2 Å². The van der Waals surface area contributed by atoms with E-state index in [0.29, 0.717) is 6.54 Å². The van der Waals surface area contributed by atoms with Crippen LogP contribution >= 0.6 is 0 Å². The first-order valence-electron chi connectivity index (χ1n) is 9.46. The fourth-order valence-corrected chi connectivity index (χ4v) is 4.08. The molecule has 1 amide bonds. The maximum atomic E-state index is 13.0. The summed E-state index contributed by atoms with van der Waals surface area (Å²) in [5.74, 6) is 0.0842. The Kier molecular flexibility index (Phi) is 5.74. The number of carbonyl (C=O) groups is 2. The van der Waals surface area contributed by atoms with Gasteiger partial charge >= 0.3 is 0 Å². The molecule has 2 heterocycles. The van der Waals surface area contributed by atoms with E-state index in [9.17, 15) is 9.59 Å². The van der Waals surface area contributed by atoms with Gasteiger partial charge in [0.1, 0.15) is 12.3 Å². The highest BCUT2D eigenvalue weighted by Gasteiger charge is 2.37. The number of likely N-dealkylation sites (tertiary alicyclic amines) is 1. The summed E-state index contributed by atoms with van der Waals surface area (Å²) in [6.07, 6.45) is 4.64. The van der Waals surface area contributed by atoms with Gasteiger partial charge in [0.2, 0.25) is 5.91 Å². The van der Waals surface area contributed by atoms with Crippen molar-refractivity contribution < 1.29 is 9.59 Å². The zero-order valence-electron chi connectivity index (χ0n) is 15.3. The molecule has 0 aliphatic carbocycles. The summed E-state index contributed by atoms with van der Waals surface area (Å²) in [5.41, 5.74) is 3.50. The number of aryl methyl sites for hydroxylation is 2. The standard InChI is InChI=1S/C20H29N3O2/c1-3-15-9-14(2)10-17(11-15)22-18-5-4-8-23(20(18)25)19-12-21-7-6-16(19)13-24/h9-11,13,16,18-19,21-22H,3-8,12H2,1-2H3/t16-,18-,19+/m1/s1. The first-order valence-corrected chi connectivity index (χ1v) is 9.46. The quantitative estimate of drug-likeness (QED) is 0.804. The van der Waals surface area contributed by atoms with Crippen LogP contribution in [-0.2, 0) is 16.0 Å². The zero-order chi connectivity index (χ0) is 17.8. The number of aldehydes is 1. The molecule has 2 N–H and O–H groups in total. The van der Waals surface area contributed by atoms with Crippen LogP contribution < -0.4 is 10.6 Å². The Morgan fingerprint density at radius 1 is 1.32 bits per heavy atom. The number of hydrogen-bond donors (Lipinski definition) is 2. The Morgan fingerprint density at radius 2 is 2.16 bits per heavy atom. The molecule has 5 nitrogen and oxygen atoms in total. The number of anilines is 1. The number of nitrogens with one attached hydrogen (secondary N) is 2. The van der Waals surface area contributed by atoms with E-state index in [1.807, 2.05) is 4.90 Å². The van der Waals surface area contributed by atoms with Crippen molar-refractivity contribution >= 4 is 17.9 Å². The molecule has 0 radical (unpaired) electrons. The Balaban J connectivity index is 1.73. The highest BCUT2D eigenvalue weighted by molar-refractivity contribution is 5.86. The zero-order valence-corrected chi connectivity index (χ0v) is 15.3. The summed E-state index contributed by atoms with van der Waals surface area (Å²) < 4.78 is 0. The van der Waals surface area contributed by atoms with Crippen molar-refractivity contribution in [1.82, 2.24) is 10.2 Å². The maximum Gasteiger partial charge on any atom is 0.245 e. The average molecular weight is 343 g/mol. The van der Waals surface area contributed by atoms with E-state index < -0.39 is 0 Å². The van der Waals surface area contributed by atoms with Gasteiger partial charge in [0, 0.05) is 24.7 Å². The van der Waals surface area contributed by atoms with Crippen molar-refractivity contribution in [1.29, 1.82) is 0 Å². The third-order valence-electron chi connectivity index (χ3n) is 5.44. The second-order valence-corrected chi connectivity index (χ2v) is 7.29. The van der Waals surface area contributed by atoms with Gasteiger partial charge in [-0.1, -0.05) is 13.0 Å². The molecule has 3 rings (SSSR count). The molecular formula is C20H29N3O2. The van der Waals surface area contributed by atoms with Crippen LogP contribution in [0.5, 0.6) is 0 Å². The lowest BCUT2D eigenvalue weighted by Gasteiger charge is -2.42. The number of rotatable bonds is 5. The molecule has 0 unspecified atom stereocenters. The van der Waals surface area contributed by atoms with E-state index in [0.717, 1.165) is 50.7 Å². The monoisotopic (exact) mass is 343 g/mol. The molecule has 2 fully saturated rings. The second kappa shape index (κ2) is 8.00. The molecule has 25 heavy (non-hydrogen) atoms. The Labute approximate surface area is 150 Å². The van der Waals surface area contributed by atoms with Crippen LogP contribution in [-0.4, -0.2) is 48.8 Å². The van der Waals surface area contributed by atoms with Gasteiger partial charge in [0.05, 0.1) is 6.04 Å². The SMILES string of the molecule is CCc1cc(C)cc(N[C@@H]2CCCN([C@H]3CNCC[C@@H]3C=O)C2=O)c1. The third kappa shape index (κ3) is 4.03. The molecule has 0 spiro atoms. The van der Waals surface area contributed by atoms with Crippen LogP contribution in [0.3, 0.4) is 0 Å². The molecule has 3 atom stereocenters. The van der Waals surface area contributed by atoms with Crippen LogP contribution in [0.25, 0.3) is 0 Å². The average Bonchev–Trinajstić information content (AvgIpc) is 2.63. The van der Waals surface area contributed by atoms with E-state index in [1.54, 1.807) is 0 Å². The molecule has 2 aliphatic rings. The number of carbonyl (C=O) groups excluding carboxylic acids is 2. The molecule has 2 saturated heterocycles. The molecule has 1 aromatic rings. The molecule has 5 heteroatoms. The number of nitrogens with zero attached hydrogens (tertiary/aromatic N) is 1. The molecule has 2 aliphatic heterocycles. The Hall–Kier alpha value is -1.88. The maximum absolute atomic E-state index is 13.0. The lowest BCUT2D eigenvalue weighted by Crippen LogP contribution is -2.59. The minimum Gasteiger partial charge on any atom is -0.374 e. The summed E-state index contributed by atoms with van der Waals surface area (Å²) in [5, 5.41) is 6.78. The lowest BCUT2D eigenvalue weighted by molar-refractivity contribution is -0.139. The van der Waals surface area contributed by atoms with Crippen molar-refractivity contribution in [2.45, 2.75) is 51.6 Å². The topological polar surface area (TPSA) is 61.4 Å². The Morgan fingerprint density at radius 3 is 2.92 bits per heavy atom. The van der Waals surface area contributed by atoms with Gasteiger partial charge in [-0.25, -0.2) is 0 Å². The van der Waals surface area contributed by atoms with Crippen molar-refractivity contribution in [3.63, 3.8) is 0 Å². The van der Waals surface area contributed by atoms with Gasteiger partial charge in [0.25, 0.3) is 0 Å². The largest absolute Gasteiger partial charge is 0.374 e. The molecule has 0 aromatic heterocycles. The molecule has 1 aromatic carbocycles. The summed E-state index contributed by atoms with van der Waals surface area (Å²) in [6, 6.07) is 6.21. The number of benzene rings is 1. The van der Waals surface area contributed by atoms with E-state index in [-0.39, 0.29) is 23.9 Å². The normalized spacial score (nSPS) is 27.2. The number of hydrogen-bond acceptors (Lipinski definition) is 4. The number of amides is 1. The van der Waals surface area contributed by atoms with Gasteiger partial charge in [-0.2, -0.15) is 0 Å². The van der Waals surface area contributed by atoms with Gasteiger partial charge in [-0.15, -0.1) is 0 Å². The van der Waals surface area contributed by atoms with Gasteiger partial charge in [-0.05, 0) is 62.4 Å². The van der Waals surface area contributed by atoms with E-state index >= 15 is 0 Å². The highest BCUT2D eigenvalue weighted by Crippen LogP contribution is 2.25. The highest BCUT2D eigenvalue weighted by atomic mass is 16.2. The van der Waals surface area contributed by atoms with Gasteiger partial charge in [0.15, 0.2) is 0 Å². The van der Waals surface area contributed by atoms with Gasteiger partial charge in [-0.3, -0.25) is 4.79 Å². The first kappa shape index (κ1) is 17.9. The minimum atomic E-state index is -0.200. The molecule has 0 bridgehead atoms. The summed E-state index contributed by atoms with van der Waals surface area (Å²) in [7, 11) is 0. The third-order valence-corrected chi connectivity index (χ3v) is 5.44. The fourth-order valence-electron chi connectivity index (χ4n) is 4.08. The van der Waals surface area contributed by atoms with Crippen LogP contribution in [0.1, 0.15) is 37.3 Å². The summed E-state index contributed by atoms with van der Waals surface area (Å²) >= 11 is 0. The molecule has 0 saturated carbocycles. The summed E-state index contributed by atoms with van der Waals surface area (Å²) in [4.78, 5) is 26.4. The van der Waals surface area contributed by atoms with Crippen molar-refractivity contribution in [2.24, 2.45) is 5.92 Å². The fraction of sp³-hybridized carbons (Fsp3) is 0.600. The first-order chi connectivity index (χ1) is 12.1. The predicted octanol–water partition coefficient (Wildman–Crippen LogP) is 2.14. The van der Waals surface area contributed by atoms with Crippen LogP contribution in [0.2, 0.25) is 0 Å². The summed E-state index contributed by atoms with van der Waals surface area (Å²) in [6.45, 7) is 6.55. The predicted molar refractivity (Wildman–Crippen MR) is 99.7 cm³/mol. The molecule has 136 valence electrons. The number of piperidine rings is 2. The lowest BCUT2D eigenvalue weighted by atomic mass is 9.90. The van der Waals surface area contributed by atoms with Crippen molar-refractivity contribution in [3.05, 3.63) is 29.3 Å². The Bertz CT molecular complexity index is 631. The van der Waals surface area contributed by atoms with E-state index in [2.05, 4.69) is 42.7 Å². The second-order valence-electron chi connectivity index (χ2n) is 7.29.